The molecule has 0 aromatic rings. The van der Waals surface area contributed by atoms with Crippen LogP contribution in [-0.2, 0) is 13.8 Å². The maximum atomic E-state index is 13.0. The second-order valence-corrected chi connectivity index (χ2v) is 16.8. The SMILES string of the molecule is CCCCCCCCCCCCCCCCOCC(CCCCCCCCCCCCCC)O[P+](=O)CCC(O)C[N+](CCO)(CCO)CCO. The zero-order valence-corrected chi connectivity index (χ0v) is 34.8. The van der Waals surface area contributed by atoms with Gasteiger partial charge >= 0.3 is 8.03 Å². The summed E-state index contributed by atoms with van der Waals surface area (Å²) in [7, 11) is -1.95. The molecular formula is C42H88NO7P+2. The van der Waals surface area contributed by atoms with Gasteiger partial charge in [-0.15, -0.1) is 4.52 Å². The Morgan fingerprint density at radius 1 is 0.529 bits per heavy atom. The number of rotatable bonds is 43. The molecule has 3 unspecified atom stereocenters. The lowest BCUT2D eigenvalue weighted by atomic mass is 10.0. The first-order valence-corrected chi connectivity index (χ1v) is 23.4. The van der Waals surface area contributed by atoms with Crippen molar-refractivity contribution in [3.63, 3.8) is 0 Å². The van der Waals surface area contributed by atoms with Gasteiger partial charge in [-0.1, -0.05) is 174 Å². The predicted molar refractivity (Wildman–Crippen MR) is 216 cm³/mol. The van der Waals surface area contributed by atoms with Gasteiger partial charge in [-0.2, -0.15) is 0 Å². The second kappa shape index (κ2) is 39.5. The number of hydrogen-bond donors (Lipinski definition) is 4. The van der Waals surface area contributed by atoms with Crippen molar-refractivity contribution in [2.45, 2.75) is 206 Å². The van der Waals surface area contributed by atoms with E-state index in [0.29, 0.717) is 39.3 Å². The summed E-state index contributed by atoms with van der Waals surface area (Å²) in [6.45, 7) is 6.77. The quantitative estimate of drug-likeness (QED) is 0.0279. The van der Waals surface area contributed by atoms with Gasteiger partial charge in [-0.25, -0.2) is 0 Å². The molecule has 0 aliphatic heterocycles. The van der Waals surface area contributed by atoms with Crippen molar-refractivity contribution in [1.82, 2.24) is 0 Å². The van der Waals surface area contributed by atoms with Crippen molar-refractivity contribution < 1.29 is 38.7 Å². The summed E-state index contributed by atoms with van der Waals surface area (Å²) < 4.78 is 25.4. The van der Waals surface area contributed by atoms with Crippen LogP contribution in [0.3, 0.4) is 0 Å². The third-order valence-corrected chi connectivity index (χ3v) is 11.7. The van der Waals surface area contributed by atoms with E-state index in [1.807, 2.05) is 0 Å². The maximum absolute atomic E-state index is 13.0. The molecule has 0 aliphatic carbocycles. The van der Waals surface area contributed by atoms with Crippen molar-refractivity contribution in [3.8, 4) is 0 Å². The number of aliphatic hydroxyl groups is 4. The van der Waals surface area contributed by atoms with E-state index >= 15 is 0 Å². The van der Waals surface area contributed by atoms with E-state index in [1.54, 1.807) is 0 Å². The van der Waals surface area contributed by atoms with Crippen LogP contribution >= 0.6 is 8.03 Å². The molecule has 0 aromatic carbocycles. The van der Waals surface area contributed by atoms with E-state index in [1.165, 1.54) is 148 Å². The van der Waals surface area contributed by atoms with Crippen LogP contribution in [0.5, 0.6) is 0 Å². The highest BCUT2D eigenvalue weighted by atomic mass is 31.1. The molecule has 0 saturated carbocycles. The van der Waals surface area contributed by atoms with Crippen LogP contribution in [0.25, 0.3) is 0 Å². The molecule has 51 heavy (non-hydrogen) atoms. The predicted octanol–water partition coefficient (Wildman–Crippen LogP) is 10.2. The van der Waals surface area contributed by atoms with Gasteiger partial charge in [0.25, 0.3) is 0 Å². The van der Waals surface area contributed by atoms with E-state index in [4.69, 9.17) is 9.26 Å². The molecule has 0 aromatic heterocycles. The molecule has 306 valence electrons. The molecular weight excluding hydrogens is 661 g/mol. The molecule has 4 N–H and O–H groups in total. The number of hydrogen-bond acceptors (Lipinski definition) is 7. The fourth-order valence-electron chi connectivity index (χ4n) is 7.25. The van der Waals surface area contributed by atoms with E-state index in [9.17, 15) is 25.0 Å². The Balaban J connectivity index is 4.45. The monoisotopic (exact) mass is 750 g/mol. The summed E-state index contributed by atoms with van der Waals surface area (Å²) in [5.74, 6) is 0. The normalized spacial score (nSPS) is 13.6. The molecule has 0 aliphatic rings. The Kier molecular flexibility index (Phi) is 39.4. The Morgan fingerprint density at radius 2 is 0.902 bits per heavy atom. The smallest absolute Gasteiger partial charge is 0.391 e. The van der Waals surface area contributed by atoms with Gasteiger partial charge in [0.1, 0.15) is 38.4 Å². The zero-order valence-electron chi connectivity index (χ0n) is 33.9. The molecule has 0 bridgehead atoms. The first kappa shape index (κ1) is 50.8. The standard InChI is InChI=1S/C42H88NO7P/c1-3-5-7-9-11-13-15-17-18-20-22-24-26-28-37-49-40-42(29-27-25-23-21-19-16-14-12-10-8-6-4-2)50-51(48)38-30-41(47)39-43(31-34-44,32-35-45)33-36-46/h41-42,44-47H,3-40H2,1-2H3/q+2. The third kappa shape index (κ3) is 34.1. The summed E-state index contributed by atoms with van der Waals surface area (Å²) in [5.41, 5.74) is 0. The van der Waals surface area contributed by atoms with Crippen LogP contribution in [0.2, 0.25) is 0 Å². The highest BCUT2D eigenvalue weighted by Gasteiger charge is 2.32. The average molecular weight is 750 g/mol. The van der Waals surface area contributed by atoms with Gasteiger partial charge in [0, 0.05) is 13.0 Å². The molecule has 0 saturated heterocycles. The van der Waals surface area contributed by atoms with E-state index in [-0.39, 0.29) is 43.1 Å². The first-order valence-electron chi connectivity index (χ1n) is 22.0. The van der Waals surface area contributed by atoms with Gasteiger partial charge in [-0.3, -0.25) is 0 Å². The number of aliphatic hydroxyl groups excluding tert-OH is 4. The maximum Gasteiger partial charge on any atom is 0.508 e. The fourth-order valence-corrected chi connectivity index (χ4v) is 8.36. The Labute approximate surface area is 317 Å². The van der Waals surface area contributed by atoms with Crippen LogP contribution in [0.15, 0.2) is 0 Å². The lowest BCUT2D eigenvalue weighted by Crippen LogP contribution is -2.56. The number of unbranched alkanes of at least 4 members (excludes halogenated alkanes) is 24. The van der Waals surface area contributed by atoms with Crippen LogP contribution < -0.4 is 0 Å². The molecule has 9 heteroatoms. The van der Waals surface area contributed by atoms with E-state index in [0.717, 1.165) is 25.7 Å². The van der Waals surface area contributed by atoms with Crippen molar-refractivity contribution in [2.24, 2.45) is 0 Å². The summed E-state index contributed by atoms with van der Waals surface area (Å²) in [4.78, 5) is 0. The van der Waals surface area contributed by atoms with Crippen molar-refractivity contribution in [1.29, 1.82) is 0 Å². The molecule has 8 nitrogen and oxygen atoms in total. The largest absolute Gasteiger partial charge is 0.508 e. The highest BCUT2D eigenvalue weighted by Crippen LogP contribution is 2.29. The Hall–Kier alpha value is -0.180. The summed E-state index contributed by atoms with van der Waals surface area (Å²) in [6.07, 6.45) is 34.7. The van der Waals surface area contributed by atoms with Crippen LogP contribution in [0, 0.1) is 0 Å². The summed E-state index contributed by atoms with van der Waals surface area (Å²) in [6, 6.07) is 0. The topological polar surface area (TPSA) is 116 Å². The second-order valence-electron chi connectivity index (χ2n) is 15.4. The molecule has 0 radical (unpaired) electrons. The molecule has 0 fully saturated rings. The van der Waals surface area contributed by atoms with Gasteiger partial charge in [0.05, 0.1) is 26.4 Å². The minimum atomic E-state index is -1.95. The van der Waals surface area contributed by atoms with Crippen molar-refractivity contribution in [3.05, 3.63) is 0 Å². The molecule has 0 rings (SSSR count). The summed E-state index contributed by atoms with van der Waals surface area (Å²) in [5, 5.41) is 39.4. The van der Waals surface area contributed by atoms with Crippen molar-refractivity contribution >= 4 is 8.03 Å². The van der Waals surface area contributed by atoms with Gasteiger partial charge in [-0.05, 0) is 17.4 Å². The average Bonchev–Trinajstić information content (AvgIpc) is 3.11. The summed E-state index contributed by atoms with van der Waals surface area (Å²) >= 11 is 0. The van der Waals surface area contributed by atoms with Crippen LogP contribution in [0.4, 0.5) is 0 Å². The fraction of sp³-hybridized carbons (Fsp3) is 1.00. The number of nitrogens with zero attached hydrogens (tertiary/aromatic N) is 1. The molecule has 0 spiro atoms. The lowest BCUT2D eigenvalue weighted by molar-refractivity contribution is -0.931. The Morgan fingerprint density at radius 3 is 1.29 bits per heavy atom. The first-order chi connectivity index (χ1) is 25.0. The number of ether oxygens (including phenoxy) is 1. The van der Waals surface area contributed by atoms with E-state index in [2.05, 4.69) is 13.8 Å². The third-order valence-electron chi connectivity index (χ3n) is 10.6. The molecule has 3 atom stereocenters. The molecule has 0 amide bonds. The van der Waals surface area contributed by atoms with Crippen LogP contribution in [0.1, 0.15) is 194 Å². The van der Waals surface area contributed by atoms with E-state index < -0.39 is 14.1 Å². The van der Waals surface area contributed by atoms with Gasteiger partial charge in [0.15, 0.2) is 6.16 Å². The minimum Gasteiger partial charge on any atom is -0.391 e. The molecule has 0 heterocycles. The zero-order chi connectivity index (χ0) is 37.5. The van der Waals surface area contributed by atoms with Crippen molar-refractivity contribution in [2.75, 3.05) is 65.4 Å². The Bertz CT molecular complexity index is 700. The lowest BCUT2D eigenvalue weighted by Gasteiger charge is -2.38. The minimum absolute atomic E-state index is 0.0930. The van der Waals surface area contributed by atoms with Gasteiger partial charge in [0.2, 0.25) is 0 Å². The highest BCUT2D eigenvalue weighted by molar-refractivity contribution is 7.39. The van der Waals surface area contributed by atoms with Crippen LogP contribution in [-0.4, -0.2) is 102 Å². The van der Waals surface area contributed by atoms with Gasteiger partial charge < -0.3 is 29.6 Å². The number of quaternary nitrogens is 1.